The Kier molecular flexibility index (Phi) is 2.02. The van der Waals surface area contributed by atoms with Gasteiger partial charge in [-0.1, -0.05) is 23.2 Å². The molecule has 2 aromatic rings. The first-order chi connectivity index (χ1) is 5.66. The van der Waals surface area contributed by atoms with Crippen LogP contribution in [-0.2, 0) is 0 Å². The lowest BCUT2D eigenvalue weighted by Crippen LogP contribution is -1.71. The molecule has 0 aliphatic carbocycles. The molecule has 0 atom stereocenters. The van der Waals surface area contributed by atoms with Gasteiger partial charge in [0, 0.05) is 5.02 Å². The zero-order valence-electron chi connectivity index (χ0n) is 5.74. The number of hydrogen-bond acceptors (Lipinski definition) is 1. The fourth-order valence-electron chi connectivity index (χ4n) is 1.01. The number of benzene rings is 1. The summed E-state index contributed by atoms with van der Waals surface area (Å²) in [6.07, 6.45) is 0. The van der Waals surface area contributed by atoms with Crippen LogP contribution in [0.2, 0.25) is 10.0 Å². The first-order valence-corrected chi connectivity index (χ1v) is 4.72. The molecule has 0 bridgehead atoms. The molecule has 0 fully saturated rings. The van der Waals surface area contributed by atoms with Crippen molar-refractivity contribution in [2.45, 2.75) is 0 Å². The third-order valence-corrected chi connectivity index (χ3v) is 2.36. The van der Waals surface area contributed by atoms with Crippen LogP contribution in [-0.4, -0.2) is 9.97 Å². The zero-order chi connectivity index (χ0) is 8.72. The normalized spacial score (nSPS) is 10.9. The lowest BCUT2D eigenvalue weighted by Gasteiger charge is -1.92. The van der Waals surface area contributed by atoms with Gasteiger partial charge < -0.3 is 4.98 Å². The van der Waals surface area contributed by atoms with E-state index >= 15 is 0 Å². The summed E-state index contributed by atoms with van der Waals surface area (Å²) in [4.78, 5) is 7.10. The smallest absolute Gasteiger partial charge is 0.175 e. The summed E-state index contributed by atoms with van der Waals surface area (Å²) >= 11 is 14.9. The molecule has 1 aromatic carbocycles. The predicted octanol–water partition coefficient (Wildman–Crippen LogP) is 3.63. The van der Waals surface area contributed by atoms with Crippen molar-refractivity contribution in [3.05, 3.63) is 26.9 Å². The van der Waals surface area contributed by atoms with Gasteiger partial charge in [0.05, 0.1) is 10.5 Å². The number of fused-ring (bicyclic) bond motifs is 1. The van der Waals surface area contributed by atoms with Crippen molar-refractivity contribution in [1.29, 1.82) is 0 Å². The van der Waals surface area contributed by atoms with E-state index in [9.17, 15) is 0 Å². The summed E-state index contributed by atoms with van der Waals surface area (Å²) in [7, 11) is 0. The second-order valence-electron chi connectivity index (χ2n) is 2.31. The van der Waals surface area contributed by atoms with Gasteiger partial charge >= 0.3 is 0 Å². The van der Waals surface area contributed by atoms with Gasteiger partial charge in [0.2, 0.25) is 0 Å². The maximum absolute atomic E-state index is 5.89. The number of aromatic nitrogens is 2. The maximum atomic E-state index is 5.89. The van der Waals surface area contributed by atoms with E-state index < -0.39 is 0 Å². The van der Waals surface area contributed by atoms with Crippen molar-refractivity contribution >= 4 is 50.2 Å². The number of nitrogens with one attached hydrogen (secondary N) is 1. The number of aromatic amines is 1. The van der Waals surface area contributed by atoms with E-state index in [4.69, 9.17) is 23.2 Å². The lowest BCUT2D eigenvalue weighted by molar-refractivity contribution is 1.27. The van der Waals surface area contributed by atoms with Crippen LogP contribution >= 0.6 is 39.1 Å². The summed E-state index contributed by atoms with van der Waals surface area (Å²) in [6, 6.07) is 3.44. The molecule has 0 unspecified atom stereocenters. The number of H-pyrrole nitrogens is 1. The molecule has 2 rings (SSSR count). The van der Waals surface area contributed by atoms with Crippen molar-refractivity contribution in [2.24, 2.45) is 0 Å². The molecule has 0 saturated heterocycles. The van der Waals surface area contributed by atoms with E-state index in [1.54, 1.807) is 12.1 Å². The molecule has 12 heavy (non-hydrogen) atoms. The molecule has 62 valence electrons. The minimum absolute atomic E-state index is 0.555. The van der Waals surface area contributed by atoms with Crippen LogP contribution in [0.5, 0.6) is 0 Å². The molecule has 1 N–H and O–H groups in total. The first kappa shape index (κ1) is 8.35. The standard InChI is InChI=1S/C7H3BrCl2N2/c8-7-11-5-2-3(9)1-4(10)6(5)12-7/h1-2H,(H,11,12). The molecule has 5 heteroatoms. The molecule has 2 nitrogen and oxygen atoms in total. The Morgan fingerprint density at radius 1 is 1.33 bits per heavy atom. The minimum atomic E-state index is 0.555. The minimum Gasteiger partial charge on any atom is -0.332 e. The number of rotatable bonds is 0. The average Bonchev–Trinajstić information content (AvgIpc) is 2.29. The van der Waals surface area contributed by atoms with Crippen LogP contribution < -0.4 is 0 Å². The van der Waals surface area contributed by atoms with Crippen molar-refractivity contribution in [3.63, 3.8) is 0 Å². The maximum Gasteiger partial charge on any atom is 0.175 e. The molecule has 1 aromatic heterocycles. The number of halogens is 3. The first-order valence-electron chi connectivity index (χ1n) is 3.17. The molecular weight excluding hydrogens is 263 g/mol. The topological polar surface area (TPSA) is 28.7 Å². The summed E-state index contributed by atoms with van der Waals surface area (Å²) in [5.74, 6) is 0. The number of nitrogens with zero attached hydrogens (tertiary/aromatic N) is 1. The molecule has 0 aliphatic heterocycles. The predicted molar refractivity (Wildman–Crippen MR) is 53.8 cm³/mol. The summed E-state index contributed by atoms with van der Waals surface area (Å²) < 4.78 is 0.654. The Morgan fingerprint density at radius 3 is 2.83 bits per heavy atom. The average molecular weight is 266 g/mol. The van der Waals surface area contributed by atoms with E-state index in [0.717, 1.165) is 11.0 Å². The van der Waals surface area contributed by atoms with Gasteiger partial charge in [-0.15, -0.1) is 0 Å². The Bertz CT molecular complexity index is 438. The number of hydrogen-bond donors (Lipinski definition) is 1. The van der Waals surface area contributed by atoms with Crippen LogP contribution in [0.1, 0.15) is 0 Å². The van der Waals surface area contributed by atoms with Gasteiger partial charge in [-0.3, -0.25) is 0 Å². The van der Waals surface area contributed by atoms with E-state index in [0.29, 0.717) is 14.8 Å². The fourth-order valence-corrected chi connectivity index (χ4v) is 1.94. The summed E-state index contributed by atoms with van der Waals surface area (Å²) in [5.41, 5.74) is 1.56. The second kappa shape index (κ2) is 2.91. The van der Waals surface area contributed by atoms with Gasteiger partial charge in [-0.25, -0.2) is 4.98 Å². The van der Waals surface area contributed by atoms with Gasteiger partial charge in [0.1, 0.15) is 5.52 Å². The van der Waals surface area contributed by atoms with Crippen molar-refractivity contribution < 1.29 is 0 Å². The van der Waals surface area contributed by atoms with Gasteiger partial charge in [0.25, 0.3) is 0 Å². The fraction of sp³-hybridized carbons (Fsp3) is 0. The second-order valence-corrected chi connectivity index (χ2v) is 3.91. The van der Waals surface area contributed by atoms with E-state index in [2.05, 4.69) is 25.9 Å². The van der Waals surface area contributed by atoms with Crippen molar-refractivity contribution in [3.8, 4) is 0 Å². The van der Waals surface area contributed by atoms with Crippen LogP contribution in [0, 0.1) is 0 Å². The van der Waals surface area contributed by atoms with E-state index in [-0.39, 0.29) is 0 Å². The summed E-state index contributed by atoms with van der Waals surface area (Å²) in [5, 5.41) is 1.16. The molecule has 1 heterocycles. The SMILES string of the molecule is Clc1cc(Cl)c2nc(Br)[nH]c2c1. The van der Waals surface area contributed by atoms with Gasteiger partial charge in [-0.2, -0.15) is 0 Å². The Balaban J connectivity index is 2.88. The lowest BCUT2D eigenvalue weighted by atomic mass is 10.3. The molecule has 0 spiro atoms. The number of imidazole rings is 1. The molecular formula is C7H3BrCl2N2. The quantitative estimate of drug-likeness (QED) is 0.774. The molecule has 0 saturated carbocycles. The monoisotopic (exact) mass is 264 g/mol. The van der Waals surface area contributed by atoms with E-state index in [1.165, 1.54) is 0 Å². The molecule has 0 radical (unpaired) electrons. The molecule has 0 aliphatic rings. The largest absolute Gasteiger partial charge is 0.332 e. The highest BCUT2D eigenvalue weighted by molar-refractivity contribution is 9.10. The third-order valence-electron chi connectivity index (χ3n) is 1.48. The Labute approximate surface area is 87.0 Å². The van der Waals surface area contributed by atoms with Crippen LogP contribution in [0.15, 0.2) is 16.9 Å². The highest BCUT2D eigenvalue weighted by Gasteiger charge is 2.05. The highest BCUT2D eigenvalue weighted by Crippen LogP contribution is 2.27. The third kappa shape index (κ3) is 1.32. The zero-order valence-corrected chi connectivity index (χ0v) is 8.83. The van der Waals surface area contributed by atoms with Gasteiger partial charge in [0.15, 0.2) is 4.73 Å². The highest BCUT2D eigenvalue weighted by atomic mass is 79.9. The summed E-state index contributed by atoms with van der Waals surface area (Å²) in [6.45, 7) is 0. The van der Waals surface area contributed by atoms with E-state index in [1.807, 2.05) is 0 Å². The van der Waals surface area contributed by atoms with Crippen molar-refractivity contribution in [2.75, 3.05) is 0 Å². The molecule has 0 amide bonds. The Hall–Kier alpha value is -0.250. The van der Waals surface area contributed by atoms with Gasteiger partial charge in [-0.05, 0) is 28.1 Å². The van der Waals surface area contributed by atoms with Crippen LogP contribution in [0.3, 0.4) is 0 Å². The van der Waals surface area contributed by atoms with Crippen LogP contribution in [0.4, 0.5) is 0 Å². The Morgan fingerprint density at radius 2 is 2.08 bits per heavy atom. The van der Waals surface area contributed by atoms with Crippen LogP contribution in [0.25, 0.3) is 11.0 Å². The van der Waals surface area contributed by atoms with Crippen molar-refractivity contribution in [1.82, 2.24) is 9.97 Å².